The van der Waals surface area contributed by atoms with Crippen molar-refractivity contribution in [3.05, 3.63) is 23.8 Å². The zero-order valence-electron chi connectivity index (χ0n) is 22.2. The second-order valence-corrected chi connectivity index (χ2v) is 13.0. The van der Waals surface area contributed by atoms with Gasteiger partial charge in [0.25, 0.3) is 0 Å². The fourth-order valence-electron chi connectivity index (χ4n) is 8.55. The average Bonchev–Trinajstić information content (AvgIpc) is 3.09. The lowest BCUT2D eigenvalue weighted by molar-refractivity contribution is -0.205. The number of aliphatic hydroxyl groups excluding tert-OH is 1. The van der Waals surface area contributed by atoms with E-state index in [1.807, 2.05) is 0 Å². The van der Waals surface area contributed by atoms with Crippen LogP contribution in [0.4, 0.5) is 0 Å². The van der Waals surface area contributed by atoms with Crippen molar-refractivity contribution in [3.8, 4) is 0 Å². The van der Waals surface area contributed by atoms with Crippen LogP contribution >= 0.6 is 0 Å². The summed E-state index contributed by atoms with van der Waals surface area (Å²) in [5.74, 6) is 3.59. The molecule has 3 heteroatoms. The molecule has 0 spiro atoms. The number of allylic oxidation sites excluding steroid dienone is 3. The fourth-order valence-corrected chi connectivity index (χ4v) is 8.55. The van der Waals surface area contributed by atoms with Crippen molar-refractivity contribution in [3.63, 3.8) is 0 Å². The first-order valence-corrected chi connectivity index (χ1v) is 13.7. The van der Waals surface area contributed by atoms with Gasteiger partial charge in [-0.2, -0.15) is 0 Å². The first-order chi connectivity index (χ1) is 15.4. The maximum absolute atomic E-state index is 12.1. The van der Waals surface area contributed by atoms with Gasteiger partial charge in [0.05, 0.1) is 6.10 Å². The number of ether oxygens (including phenoxy) is 1. The monoisotopic (exact) mass is 456 g/mol. The van der Waals surface area contributed by atoms with Crippen LogP contribution in [0.3, 0.4) is 0 Å². The number of carbonyl (C=O) groups excluding carboxylic acids is 1. The molecule has 0 amide bonds. The molecule has 1 N–H and O–H groups in total. The van der Waals surface area contributed by atoms with Crippen LogP contribution in [0, 0.1) is 46.3 Å². The molecule has 0 aromatic rings. The first-order valence-electron chi connectivity index (χ1n) is 13.7. The molecule has 0 aromatic carbocycles. The third-order valence-corrected chi connectivity index (χ3v) is 11.0. The predicted octanol–water partition coefficient (Wildman–Crippen LogP) is 7.10. The van der Waals surface area contributed by atoms with Crippen LogP contribution < -0.4 is 0 Å². The van der Waals surface area contributed by atoms with E-state index < -0.39 is 5.60 Å². The molecule has 0 saturated heterocycles. The maximum atomic E-state index is 12.1. The standard InChI is InChI=1S/C30H48O3/c1-19(2)20(3)8-9-21(4)25-10-11-26-24-13-17-30(33-22(5)31)18-23(32)12-16-29(30,7)27(24)14-15-28(25,26)6/h8-9,13,19-21,23,25-27,32H,10-12,14-18H2,1-7H3/b9-8+/t20-,21+,23?,25?,26?,27?,28?,29?,30+/m0/s1. The van der Waals surface area contributed by atoms with Gasteiger partial charge in [-0.25, -0.2) is 0 Å². The highest BCUT2D eigenvalue weighted by atomic mass is 16.6. The summed E-state index contributed by atoms with van der Waals surface area (Å²) in [5.41, 5.74) is 1.41. The molecule has 0 aromatic heterocycles. The van der Waals surface area contributed by atoms with Crippen molar-refractivity contribution in [1.82, 2.24) is 0 Å². The molecule has 9 atom stereocenters. The van der Waals surface area contributed by atoms with E-state index in [-0.39, 0.29) is 17.5 Å². The molecule has 0 aliphatic heterocycles. The molecule has 3 nitrogen and oxygen atoms in total. The van der Waals surface area contributed by atoms with Gasteiger partial charge < -0.3 is 9.84 Å². The lowest BCUT2D eigenvalue weighted by Gasteiger charge is -2.61. The van der Waals surface area contributed by atoms with E-state index in [0.29, 0.717) is 41.4 Å². The zero-order valence-corrected chi connectivity index (χ0v) is 22.2. The van der Waals surface area contributed by atoms with Crippen molar-refractivity contribution in [2.24, 2.45) is 46.3 Å². The lowest BCUT2D eigenvalue weighted by Crippen LogP contribution is -2.61. The number of hydrogen-bond donors (Lipinski definition) is 1. The molecule has 0 heterocycles. The Kier molecular flexibility index (Phi) is 6.71. The van der Waals surface area contributed by atoms with Gasteiger partial charge in [0, 0.05) is 25.2 Å². The number of aliphatic hydroxyl groups is 1. The maximum Gasteiger partial charge on any atom is 0.303 e. The summed E-state index contributed by atoms with van der Waals surface area (Å²) in [6, 6.07) is 0. The molecular formula is C30H48O3. The van der Waals surface area contributed by atoms with E-state index in [0.717, 1.165) is 25.2 Å². The lowest BCUT2D eigenvalue weighted by atomic mass is 9.46. The Balaban J connectivity index is 1.61. The molecule has 0 bridgehead atoms. The van der Waals surface area contributed by atoms with Gasteiger partial charge in [0.1, 0.15) is 5.60 Å². The summed E-state index contributed by atoms with van der Waals surface area (Å²) in [4.78, 5) is 12.1. The largest absolute Gasteiger partial charge is 0.458 e. The summed E-state index contributed by atoms with van der Waals surface area (Å²) in [7, 11) is 0. The highest BCUT2D eigenvalue weighted by Crippen LogP contribution is 2.68. The molecular weight excluding hydrogens is 408 g/mol. The van der Waals surface area contributed by atoms with Gasteiger partial charge in [-0.3, -0.25) is 4.79 Å². The van der Waals surface area contributed by atoms with Crippen LogP contribution in [-0.4, -0.2) is 22.8 Å². The van der Waals surface area contributed by atoms with Crippen LogP contribution in [0.15, 0.2) is 23.8 Å². The highest BCUT2D eigenvalue weighted by Gasteiger charge is 2.64. The highest BCUT2D eigenvalue weighted by molar-refractivity contribution is 5.67. The Bertz CT molecular complexity index is 811. The summed E-state index contributed by atoms with van der Waals surface area (Å²) in [6.07, 6.45) is 15.2. The quantitative estimate of drug-likeness (QED) is 0.354. The first kappa shape index (κ1) is 25.0. The second-order valence-electron chi connectivity index (χ2n) is 13.0. The van der Waals surface area contributed by atoms with Crippen LogP contribution in [-0.2, 0) is 9.53 Å². The zero-order chi connectivity index (χ0) is 24.2. The van der Waals surface area contributed by atoms with Gasteiger partial charge in [0.15, 0.2) is 0 Å². The number of carbonyl (C=O) groups is 1. The van der Waals surface area contributed by atoms with Gasteiger partial charge in [-0.15, -0.1) is 0 Å². The van der Waals surface area contributed by atoms with Crippen molar-refractivity contribution in [2.45, 2.75) is 112 Å². The molecule has 6 unspecified atom stereocenters. The number of fused-ring (bicyclic) bond motifs is 5. The summed E-state index contributed by atoms with van der Waals surface area (Å²) in [6.45, 7) is 15.9. The topological polar surface area (TPSA) is 46.5 Å². The average molecular weight is 457 g/mol. The van der Waals surface area contributed by atoms with Crippen LogP contribution in [0.5, 0.6) is 0 Å². The summed E-state index contributed by atoms with van der Waals surface area (Å²) < 4.78 is 6.12. The van der Waals surface area contributed by atoms with Crippen LogP contribution in [0.25, 0.3) is 0 Å². The van der Waals surface area contributed by atoms with E-state index >= 15 is 0 Å². The Morgan fingerprint density at radius 2 is 1.79 bits per heavy atom. The normalized spacial score (nSPS) is 44.6. The summed E-state index contributed by atoms with van der Waals surface area (Å²) >= 11 is 0. The SMILES string of the molecule is CC(=O)O[C@@]12CC=C3C4CCC([C@H](C)/C=C/[C@H](C)C(C)C)C4(C)CCC3C1(C)CCC(O)C2. The van der Waals surface area contributed by atoms with Crippen molar-refractivity contribution in [2.75, 3.05) is 0 Å². The van der Waals surface area contributed by atoms with Gasteiger partial charge >= 0.3 is 5.97 Å². The van der Waals surface area contributed by atoms with Crippen LogP contribution in [0.2, 0.25) is 0 Å². The Labute approximate surface area is 202 Å². The van der Waals surface area contributed by atoms with E-state index in [9.17, 15) is 9.90 Å². The molecule has 3 fully saturated rings. The van der Waals surface area contributed by atoms with Gasteiger partial charge in [-0.05, 0) is 79.4 Å². The second kappa shape index (κ2) is 8.85. The molecule has 0 radical (unpaired) electrons. The predicted molar refractivity (Wildman–Crippen MR) is 135 cm³/mol. The number of rotatable bonds is 5. The molecule has 3 saturated carbocycles. The van der Waals surface area contributed by atoms with Crippen molar-refractivity contribution < 1.29 is 14.6 Å². The minimum absolute atomic E-state index is 0.0698. The van der Waals surface area contributed by atoms with Crippen LogP contribution in [0.1, 0.15) is 99.8 Å². The number of esters is 1. The van der Waals surface area contributed by atoms with E-state index in [2.05, 4.69) is 59.8 Å². The third-order valence-electron chi connectivity index (χ3n) is 11.0. The fraction of sp³-hybridized carbons (Fsp3) is 0.833. The Morgan fingerprint density at radius 1 is 1.06 bits per heavy atom. The minimum Gasteiger partial charge on any atom is -0.458 e. The molecule has 4 aliphatic carbocycles. The molecule has 33 heavy (non-hydrogen) atoms. The van der Waals surface area contributed by atoms with Gasteiger partial charge in [-0.1, -0.05) is 65.3 Å². The molecule has 186 valence electrons. The van der Waals surface area contributed by atoms with E-state index in [4.69, 9.17) is 4.74 Å². The van der Waals surface area contributed by atoms with Gasteiger partial charge in [0.2, 0.25) is 0 Å². The van der Waals surface area contributed by atoms with Crippen molar-refractivity contribution >= 4 is 5.97 Å². The molecule has 4 aliphatic rings. The Morgan fingerprint density at radius 3 is 2.45 bits per heavy atom. The minimum atomic E-state index is -0.542. The van der Waals surface area contributed by atoms with E-state index in [1.54, 1.807) is 5.57 Å². The summed E-state index contributed by atoms with van der Waals surface area (Å²) in [5, 5.41) is 10.5. The Hall–Kier alpha value is -1.09. The van der Waals surface area contributed by atoms with Crippen molar-refractivity contribution in [1.29, 1.82) is 0 Å². The number of hydrogen-bond acceptors (Lipinski definition) is 3. The third kappa shape index (κ3) is 4.05. The smallest absolute Gasteiger partial charge is 0.303 e. The van der Waals surface area contributed by atoms with E-state index in [1.165, 1.54) is 32.6 Å². The molecule has 4 rings (SSSR count).